The van der Waals surface area contributed by atoms with Crippen LogP contribution in [0.1, 0.15) is 52.4 Å². The first-order valence-electron chi connectivity index (χ1n) is 7.02. The molecule has 1 aliphatic rings. The number of esters is 1. The average molecular weight is 257 g/mol. The molecule has 1 rings (SSSR count). The van der Waals surface area contributed by atoms with E-state index in [1.165, 1.54) is 20.0 Å². The third-order valence-electron chi connectivity index (χ3n) is 4.11. The van der Waals surface area contributed by atoms with E-state index in [1.807, 2.05) is 13.8 Å². The van der Waals surface area contributed by atoms with Crippen molar-refractivity contribution in [3.8, 4) is 0 Å². The van der Waals surface area contributed by atoms with Gasteiger partial charge in [0.05, 0.1) is 18.6 Å². The number of hydrogen-bond acceptors (Lipinski definition) is 4. The van der Waals surface area contributed by atoms with E-state index in [1.54, 1.807) is 0 Å². The van der Waals surface area contributed by atoms with Gasteiger partial charge in [-0.05, 0) is 19.8 Å². The van der Waals surface area contributed by atoms with E-state index >= 15 is 0 Å². The fourth-order valence-corrected chi connectivity index (χ4v) is 2.48. The zero-order chi connectivity index (χ0) is 13.6. The molecule has 2 atom stereocenters. The van der Waals surface area contributed by atoms with E-state index in [0.717, 1.165) is 25.7 Å². The number of nitrogens with one attached hydrogen (secondary N) is 1. The Kier molecular flexibility index (Phi) is 6.09. The molecule has 1 saturated carbocycles. The van der Waals surface area contributed by atoms with Gasteiger partial charge >= 0.3 is 5.97 Å². The minimum absolute atomic E-state index is 0.0183. The molecule has 0 aliphatic heterocycles. The van der Waals surface area contributed by atoms with Gasteiger partial charge in [-0.25, -0.2) is 0 Å². The predicted octanol–water partition coefficient (Wildman–Crippen LogP) is 1.86. The van der Waals surface area contributed by atoms with Crippen LogP contribution in [-0.4, -0.2) is 36.4 Å². The molecule has 18 heavy (non-hydrogen) atoms. The summed E-state index contributed by atoms with van der Waals surface area (Å²) < 4.78 is 4.73. The van der Waals surface area contributed by atoms with E-state index in [0.29, 0.717) is 6.54 Å². The van der Waals surface area contributed by atoms with Gasteiger partial charge in [0, 0.05) is 12.6 Å². The third-order valence-corrected chi connectivity index (χ3v) is 4.11. The Hall–Kier alpha value is -0.610. The highest BCUT2D eigenvalue weighted by Crippen LogP contribution is 2.26. The monoisotopic (exact) mass is 257 g/mol. The number of methoxy groups -OCH3 is 1. The molecular weight excluding hydrogens is 230 g/mol. The van der Waals surface area contributed by atoms with Crippen molar-refractivity contribution in [2.45, 2.75) is 64.0 Å². The zero-order valence-electron chi connectivity index (χ0n) is 11.9. The van der Waals surface area contributed by atoms with Crippen molar-refractivity contribution in [3.63, 3.8) is 0 Å². The Bertz CT molecular complexity index is 260. The minimum Gasteiger partial charge on any atom is -0.469 e. The summed E-state index contributed by atoms with van der Waals surface area (Å²) in [4.78, 5) is 11.4. The van der Waals surface area contributed by atoms with Gasteiger partial charge in [0.25, 0.3) is 0 Å². The number of hydrogen-bond donors (Lipinski definition) is 2. The zero-order valence-corrected chi connectivity index (χ0v) is 11.9. The summed E-state index contributed by atoms with van der Waals surface area (Å²) >= 11 is 0. The van der Waals surface area contributed by atoms with E-state index in [4.69, 9.17) is 4.74 Å². The molecule has 2 N–H and O–H groups in total. The average Bonchev–Trinajstić information content (AvgIpc) is 2.59. The molecule has 0 saturated heterocycles. The first-order chi connectivity index (χ1) is 8.48. The Morgan fingerprint density at radius 1 is 1.28 bits per heavy atom. The molecule has 0 heterocycles. The lowest BCUT2D eigenvalue weighted by Gasteiger charge is -2.30. The molecule has 0 amide bonds. The molecule has 1 fully saturated rings. The minimum atomic E-state index is -0.597. The smallest absolute Gasteiger partial charge is 0.309 e. The van der Waals surface area contributed by atoms with Crippen molar-refractivity contribution in [1.29, 1.82) is 0 Å². The van der Waals surface area contributed by atoms with Gasteiger partial charge in [0.15, 0.2) is 0 Å². The second-order valence-electron chi connectivity index (χ2n) is 5.62. The lowest BCUT2D eigenvalue weighted by molar-refractivity contribution is -0.145. The number of ether oxygens (including phenoxy) is 1. The summed E-state index contributed by atoms with van der Waals surface area (Å²) in [5.41, 5.74) is -0.597. The molecule has 1 aliphatic carbocycles. The van der Waals surface area contributed by atoms with Gasteiger partial charge < -0.3 is 15.2 Å². The highest BCUT2D eigenvalue weighted by atomic mass is 16.5. The molecule has 4 heteroatoms. The molecule has 0 bridgehead atoms. The molecule has 2 unspecified atom stereocenters. The number of carbonyl (C=O) groups excluding carboxylic acids is 1. The summed E-state index contributed by atoms with van der Waals surface area (Å²) in [6.45, 7) is 4.37. The summed E-state index contributed by atoms with van der Waals surface area (Å²) in [5, 5.41) is 13.8. The van der Waals surface area contributed by atoms with E-state index < -0.39 is 5.60 Å². The molecule has 0 aromatic rings. The van der Waals surface area contributed by atoms with Crippen LogP contribution in [-0.2, 0) is 9.53 Å². The summed E-state index contributed by atoms with van der Waals surface area (Å²) in [7, 11) is 1.41. The van der Waals surface area contributed by atoms with Crippen LogP contribution in [0.15, 0.2) is 0 Å². The van der Waals surface area contributed by atoms with Crippen LogP contribution in [0.4, 0.5) is 0 Å². The van der Waals surface area contributed by atoms with Gasteiger partial charge in [-0.3, -0.25) is 4.79 Å². The molecule has 4 nitrogen and oxygen atoms in total. The summed E-state index contributed by atoms with van der Waals surface area (Å²) in [6, 6.07) is 0.0183. The van der Waals surface area contributed by atoms with Crippen LogP contribution < -0.4 is 5.32 Å². The Labute approximate surface area is 110 Å². The summed E-state index contributed by atoms with van der Waals surface area (Å²) in [6.07, 6.45) is 6.35. The molecule has 0 radical (unpaired) electrons. The molecular formula is C14H27NO3. The standard InChI is InChI=1S/C14H27NO3/c1-11(13(16)18-3)12(2)15-10-14(17)8-6-4-5-7-9-14/h11-12,15,17H,4-10H2,1-3H3. The third kappa shape index (κ3) is 4.58. The van der Waals surface area contributed by atoms with Crippen LogP contribution in [0.3, 0.4) is 0 Å². The lowest BCUT2D eigenvalue weighted by Crippen LogP contribution is -2.46. The Morgan fingerprint density at radius 3 is 2.33 bits per heavy atom. The largest absolute Gasteiger partial charge is 0.469 e. The van der Waals surface area contributed by atoms with Gasteiger partial charge in [0.1, 0.15) is 0 Å². The Morgan fingerprint density at radius 2 is 1.83 bits per heavy atom. The van der Waals surface area contributed by atoms with Crippen molar-refractivity contribution in [3.05, 3.63) is 0 Å². The Balaban J connectivity index is 2.40. The lowest BCUT2D eigenvalue weighted by atomic mass is 9.93. The first-order valence-corrected chi connectivity index (χ1v) is 7.02. The maximum Gasteiger partial charge on any atom is 0.309 e. The van der Waals surface area contributed by atoms with Crippen LogP contribution >= 0.6 is 0 Å². The molecule has 0 aromatic heterocycles. The van der Waals surface area contributed by atoms with Crippen molar-refractivity contribution >= 4 is 5.97 Å². The highest BCUT2D eigenvalue weighted by Gasteiger charge is 2.29. The molecule has 0 aromatic carbocycles. The van der Waals surface area contributed by atoms with Gasteiger partial charge in [-0.15, -0.1) is 0 Å². The predicted molar refractivity (Wildman–Crippen MR) is 71.3 cm³/mol. The number of carbonyl (C=O) groups is 1. The van der Waals surface area contributed by atoms with Crippen molar-refractivity contribution in [2.75, 3.05) is 13.7 Å². The summed E-state index contributed by atoms with van der Waals surface area (Å²) in [5.74, 6) is -0.396. The fraction of sp³-hybridized carbons (Fsp3) is 0.929. The van der Waals surface area contributed by atoms with Gasteiger partial charge in [-0.1, -0.05) is 32.6 Å². The van der Waals surface area contributed by atoms with E-state index in [-0.39, 0.29) is 17.9 Å². The van der Waals surface area contributed by atoms with Gasteiger partial charge in [-0.2, -0.15) is 0 Å². The topological polar surface area (TPSA) is 58.6 Å². The highest BCUT2D eigenvalue weighted by molar-refractivity contribution is 5.72. The maximum atomic E-state index is 11.4. The molecule has 106 valence electrons. The van der Waals surface area contributed by atoms with Crippen LogP contribution in [0.2, 0.25) is 0 Å². The normalized spacial score (nSPS) is 22.9. The second kappa shape index (κ2) is 7.10. The van der Waals surface area contributed by atoms with Crippen molar-refractivity contribution in [2.24, 2.45) is 5.92 Å². The van der Waals surface area contributed by atoms with E-state index in [2.05, 4.69) is 5.32 Å². The first kappa shape index (κ1) is 15.4. The number of rotatable bonds is 5. The van der Waals surface area contributed by atoms with Crippen molar-refractivity contribution in [1.82, 2.24) is 5.32 Å². The fourth-order valence-electron chi connectivity index (χ4n) is 2.48. The second-order valence-corrected chi connectivity index (χ2v) is 5.62. The molecule has 0 spiro atoms. The number of aliphatic hydroxyl groups is 1. The quantitative estimate of drug-likeness (QED) is 0.583. The van der Waals surface area contributed by atoms with Crippen LogP contribution in [0.5, 0.6) is 0 Å². The van der Waals surface area contributed by atoms with Crippen LogP contribution in [0.25, 0.3) is 0 Å². The maximum absolute atomic E-state index is 11.4. The van der Waals surface area contributed by atoms with Gasteiger partial charge in [0.2, 0.25) is 0 Å². The SMILES string of the molecule is COC(=O)C(C)C(C)NCC1(O)CCCCCC1. The van der Waals surface area contributed by atoms with E-state index in [9.17, 15) is 9.90 Å². The van der Waals surface area contributed by atoms with Crippen LogP contribution in [0, 0.1) is 5.92 Å². The van der Waals surface area contributed by atoms with Crippen molar-refractivity contribution < 1.29 is 14.6 Å².